The molecule has 13 heteroatoms. The minimum Gasteiger partial charge on any atom is -0.496 e. The number of ether oxygens (including phenoxy) is 3. The fourth-order valence-corrected chi connectivity index (χ4v) is 5.91. The van der Waals surface area contributed by atoms with Crippen LogP contribution in [0.2, 0.25) is 0 Å². The Bertz CT molecular complexity index is 1700. The van der Waals surface area contributed by atoms with E-state index < -0.39 is 15.6 Å². The smallest absolute Gasteiger partial charge is 0.410 e. The first-order valence-electron chi connectivity index (χ1n) is 13.1. The van der Waals surface area contributed by atoms with Crippen molar-refractivity contribution in [2.24, 2.45) is 0 Å². The lowest BCUT2D eigenvalue weighted by atomic mass is 10.1. The number of benzene rings is 2. The van der Waals surface area contributed by atoms with Crippen LogP contribution in [-0.4, -0.2) is 54.2 Å². The van der Waals surface area contributed by atoms with Crippen LogP contribution in [-0.2, 0) is 40.8 Å². The minimum absolute atomic E-state index is 0.00283. The number of nitrogens with one attached hydrogen (secondary N) is 1. The van der Waals surface area contributed by atoms with Gasteiger partial charge in [-0.05, 0) is 62.6 Å². The van der Waals surface area contributed by atoms with Gasteiger partial charge in [-0.15, -0.1) is 0 Å². The maximum atomic E-state index is 13.3. The summed E-state index contributed by atoms with van der Waals surface area (Å²) in [6.45, 7) is 8.63. The zero-order chi connectivity index (χ0) is 29.5. The summed E-state index contributed by atoms with van der Waals surface area (Å²) in [5, 5.41) is 9.03. The van der Waals surface area contributed by atoms with E-state index in [0.717, 1.165) is 22.4 Å². The zero-order valence-electron chi connectivity index (χ0n) is 23.8. The second-order valence-corrected chi connectivity index (χ2v) is 12.4. The lowest BCUT2D eigenvalue weighted by Crippen LogP contribution is -2.33. The highest BCUT2D eigenvalue weighted by molar-refractivity contribution is 7.92. The Morgan fingerprint density at radius 2 is 1.83 bits per heavy atom. The van der Waals surface area contributed by atoms with Gasteiger partial charge in [0.1, 0.15) is 27.4 Å². The molecule has 1 aliphatic rings. The number of sulfonamides is 1. The van der Waals surface area contributed by atoms with E-state index >= 15 is 0 Å². The number of fused-ring (bicyclic) bond motifs is 2. The summed E-state index contributed by atoms with van der Waals surface area (Å²) in [4.78, 5) is 14.0. The lowest BCUT2D eigenvalue weighted by molar-refractivity contribution is 0.0239. The van der Waals surface area contributed by atoms with Crippen molar-refractivity contribution in [2.45, 2.75) is 64.2 Å². The molecular weight excluding hydrogens is 550 g/mol. The van der Waals surface area contributed by atoms with E-state index in [9.17, 15) is 13.2 Å². The molecule has 2 aromatic heterocycles. The van der Waals surface area contributed by atoms with E-state index in [1.54, 1.807) is 33.8 Å². The number of carbonyl (C=O) groups is 1. The third kappa shape index (κ3) is 5.80. The first kappa shape index (κ1) is 28.3. The Balaban J connectivity index is 1.37. The maximum absolute atomic E-state index is 13.3. The summed E-state index contributed by atoms with van der Waals surface area (Å²) in [5.74, 6) is 0.617. The first-order chi connectivity index (χ1) is 19.4. The maximum Gasteiger partial charge on any atom is 0.410 e. The average molecular weight is 584 g/mol. The van der Waals surface area contributed by atoms with Crippen molar-refractivity contribution in [3.63, 3.8) is 0 Å². The number of aromatic nitrogens is 3. The highest BCUT2D eigenvalue weighted by Crippen LogP contribution is 2.36. The number of hydrogen-bond acceptors (Lipinski definition) is 9. The molecule has 218 valence electrons. The standard InChI is InChI=1S/C28H33N5O7S/c1-7-17-8-9-21(37-5)24(12-17)41(35,36)31-26-25-22(38-6)10-18(11-23(25)40-30-26)13-33-15-19-14-32(16-20(19)29-33)27(34)39-28(2,3)4/h8-12,15H,7,13-14,16H2,1-6H3,(H,30,31). The molecule has 0 spiro atoms. The molecule has 3 heterocycles. The van der Waals surface area contributed by atoms with Crippen molar-refractivity contribution in [3.8, 4) is 11.5 Å². The highest BCUT2D eigenvalue weighted by atomic mass is 32.2. The molecule has 1 N–H and O–H groups in total. The van der Waals surface area contributed by atoms with Crippen LogP contribution in [0.15, 0.2) is 45.9 Å². The van der Waals surface area contributed by atoms with Crippen molar-refractivity contribution in [2.75, 3.05) is 18.9 Å². The van der Waals surface area contributed by atoms with E-state index in [1.165, 1.54) is 14.2 Å². The summed E-state index contributed by atoms with van der Waals surface area (Å²) >= 11 is 0. The minimum atomic E-state index is -4.06. The van der Waals surface area contributed by atoms with Crippen LogP contribution in [0.5, 0.6) is 11.5 Å². The normalized spacial score (nSPS) is 13.4. The van der Waals surface area contributed by atoms with E-state index in [1.807, 2.05) is 40.0 Å². The van der Waals surface area contributed by atoms with Gasteiger partial charge in [0, 0.05) is 11.8 Å². The van der Waals surface area contributed by atoms with Crippen molar-refractivity contribution >= 4 is 32.9 Å². The molecule has 12 nitrogen and oxygen atoms in total. The second-order valence-electron chi connectivity index (χ2n) is 10.8. The van der Waals surface area contributed by atoms with Gasteiger partial charge in [0.15, 0.2) is 11.4 Å². The number of anilines is 1. The van der Waals surface area contributed by atoms with Crippen LogP contribution in [0.25, 0.3) is 11.0 Å². The molecule has 0 radical (unpaired) electrons. The molecule has 0 saturated heterocycles. The Morgan fingerprint density at radius 3 is 2.49 bits per heavy atom. The largest absolute Gasteiger partial charge is 0.496 e. The zero-order valence-corrected chi connectivity index (χ0v) is 24.7. The Hall–Kier alpha value is -4.26. The second kappa shape index (κ2) is 10.6. The van der Waals surface area contributed by atoms with E-state index in [4.69, 9.17) is 18.7 Å². The number of amides is 1. The van der Waals surface area contributed by atoms with Gasteiger partial charge in [0.2, 0.25) is 0 Å². The molecule has 1 amide bonds. The van der Waals surface area contributed by atoms with Crippen LogP contribution < -0.4 is 14.2 Å². The number of aryl methyl sites for hydroxylation is 1. The molecule has 0 bridgehead atoms. The molecular formula is C28H33N5O7S. The topological polar surface area (TPSA) is 138 Å². The van der Waals surface area contributed by atoms with Crippen molar-refractivity contribution in [1.82, 2.24) is 19.8 Å². The first-order valence-corrected chi connectivity index (χ1v) is 14.6. The highest BCUT2D eigenvalue weighted by Gasteiger charge is 2.30. The lowest BCUT2D eigenvalue weighted by Gasteiger charge is -2.24. The fourth-order valence-electron chi connectivity index (χ4n) is 4.68. The SMILES string of the molecule is CCc1ccc(OC)c(S(=O)(=O)Nc2noc3cc(Cn4cc5c(n4)CN(C(=O)OC(C)(C)C)C5)cc(OC)c23)c1. The van der Waals surface area contributed by atoms with Gasteiger partial charge in [0.25, 0.3) is 10.0 Å². The predicted molar refractivity (Wildman–Crippen MR) is 151 cm³/mol. The molecule has 4 aromatic rings. The van der Waals surface area contributed by atoms with Crippen molar-refractivity contribution in [1.29, 1.82) is 0 Å². The molecule has 0 unspecified atom stereocenters. The molecule has 0 aliphatic carbocycles. The quantitative estimate of drug-likeness (QED) is 0.313. The average Bonchev–Trinajstić information content (AvgIpc) is 3.60. The van der Waals surface area contributed by atoms with Gasteiger partial charge in [-0.1, -0.05) is 18.1 Å². The van der Waals surface area contributed by atoms with Gasteiger partial charge in [-0.25, -0.2) is 13.2 Å². The molecule has 5 rings (SSSR count). The monoisotopic (exact) mass is 583 g/mol. The fraction of sp³-hybridized carbons (Fsp3) is 0.393. The Labute approximate surface area is 238 Å². The van der Waals surface area contributed by atoms with E-state index in [0.29, 0.717) is 42.8 Å². The number of nitrogens with zero attached hydrogens (tertiary/aromatic N) is 4. The van der Waals surface area contributed by atoms with Gasteiger partial charge >= 0.3 is 6.09 Å². The molecule has 0 saturated carbocycles. The summed E-state index contributed by atoms with van der Waals surface area (Å²) < 4.78 is 52.9. The van der Waals surface area contributed by atoms with E-state index in [2.05, 4.69) is 15.0 Å². The van der Waals surface area contributed by atoms with E-state index in [-0.39, 0.29) is 22.6 Å². The van der Waals surface area contributed by atoms with Crippen LogP contribution >= 0.6 is 0 Å². The van der Waals surface area contributed by atoms with Gasteiger partial charge < -0.3 is 18.7 Å². The van der Waals surface area contributed by atoms with Crippen LogP contribution in [0.3, 0.4) is 0 Å². The van der Waals surface area contributed by atoms with Gasteiger partial charge in [0.05, 0.1) is 39.5 Å². The summed E-state index contributed by atoms with van der Waals surface area (Å²) in [6.07, 6.45) is 2.19. The molecule has 1 aliphatic heterocycles. The molecule has 2 aromatic carbocycles. The third-order valence-corrected chi connectivity index (χ3v) is 7.96. The number of rotatable bonds is 8. The van der Waals surface area contributed by atoms with Crippen molar-refractivity contribution in [3.05, 3.63) is 58.9 Å². The summed E-state index contributed by atoms with van der Waals surface area (Å²) in [6, 6.07) is 8.57. The Morgan fingerprint density at radius 1 is 1.07 bits per heavy atom. The predicted octanol–water partition coefficient (Wildman–Crippen LogP) is 4.70. The third-order valence-electron chi connectivity index (χ3n) is 6.60. The number of hydrogen-bond donors (Lipinski definition) is 1. The van der Waals surface area contributed by atoms with Gasteiger partial charge in [-0.3, -0.25) is 14.3 Å². The summed E-state index contributed by atoms with van der Waals surface area (Å²) in [5.41, 5.74) is 3.19. The Kier molecular flexibility index (Phi) is 7.32. The summed E-state index contributed by atoms with van der Waals surface area (Å²) in [7, 11) is -1.15. The van der Waals surface area contributed by atoms with Crippen LogP contribution in [0.4, 0.5) is 10.6 Å². The number of carbonyl (C=O) groups excluding carboxylic acids is 1. The molecule has 0 fully saturated rings. The van der Waals surface area contributed by atoms with Crippen molar-refractivity contribution < 1.29 is 31.9 Å². The molecule has 0 atom stereocenters. The molecule has 41 heavy (non-hydrogen) atoms. The van der Waals surface area contributed by atoms with Crippen LogP contribution in [0.1, 0.15) is 50.1 Å². The van der Waals surface area contributed by atoms with Crippen LogP contribution in [0, 0.1) is 0 Å². The number of methoxy groups -OCH3 is 2. The van der Waals surface area contributed by atoms with Gasteiger partial charge in [-0.2, -0.15) is 5.10 Å².